The van der Waals surface area contributed by atoms with Crippen LogP contribution < -0.4 is 15.4 Å². The minimum Gasteiger partial charge on any atom is -0.492 e. The number of ether oxygens (including phenoxy) is 1. The molecule has 3 aromatic rings. The highest BCUT2D eigenvalue weighted by molar-refractivity contribution is 6.04. The van der Waals surface area contributed by atoms with Crippen molar-refractivity contribution in [3.8, 4) is 5.75 Å². The number of nitrogens with zero attached hydrogens (tertiary/aromatic N) is 1. The second-order valence-corrected chi connectivity index (χ2v) is 6.09. The Hall–Kier alpha value is -3.34. The molecule has 0 saturated heterocycles. The molecule has 2 N–H and O–H groups in total. The highest BCUT2D eigenvalue weighted by Gasteiger charge is 2.11. The van der Waals surface area contributed by atoms with Gasteiger partial charge in [-0.25, -0.2) is 4.98 Å². The van der Waals surface area contributed by atoms with Crippen molar-refractivity contribution in [1.82, 2.24) is 4.98 Å². The average molecular weight is 361 g/mol. The fourth-order valence-electron chi connectivity index (χ4n) is 2.71. The van der Waals surface area contributed by atoms with Gasteiger partial charge in [0.15, 0.2) is 0 Å². The quantitative estimate of drug-likeness (QED) is 0.628. The molecule has 0 saturated carbocycles. The van der Waals surface area contributed by atoms with Crippen LogP contribution in [0.4, 0.5) is 11.5 Å². The molecule has 0 aliphatic rings. The van der Waals surface area contributed by atoms with E-state index in [-0.39, 0.29) is 11.9 Å². The summed E-state index contributed by atoms with van der Waals surface area (Å²) in [5, 5.41) is 6.21. The topological polar surface area (TPSA) is 63.2 Å². The van der Waals surface area contributed by atoms with Crippen molar-refractivity contribution in [2.75, 3.05) is 17.2 Å². The van der Waals surface area contributed by atoms with E-state index in [0.717, 1.165) is 5.82 Å². The monoisotopic (exact) mass is 361 g/mol. The normalized spacial score (nSPS) is 11.5. The predicted octanol–water partition coefficient (Wildman–Crippen LogP) is 4.91. The summed E-state index contributed by atoms with van der Waals surface area (Å²) in [4.78, 5) is 16.9. The fraction of sp³-hybridized carbons (Fsp3) is 0.182. The third kappa shape index (κ3) is 4.85. The lowest BCUT2D eigenvalue weighted by Crippen LogP contribution is -2.14. The van der Waals surface area contributed by atoms with Crippen LogP contribution in [-0.2, 0) is 0 Å². The molecule has 138 valence electrons. The lowest BCUT2D eigenvalue weighted by Gasteiger charge is -2.15. The molecule has 1 heterocycles. The van der Waals surface area contributed by atoms with Crippen molar-refractivity contribution in [3.63, 3.8) is 0 Å². The van der Waals surface area contributed by atoms with Gasteiger partial charge in [0.25, 0.3) is 5.91 Å². The van der Waals surface area contributed by atoms with E-state index in [0.29, 0.717) is 23.6 Å². The Kier molecular flexibility index (Phi) is 6.05. The molecule has 0 spiro atoms. The van der Waals surface area contributed by atoms with Gasteiger partial charge < -0.3 is 15.4 Å². The number of anilines is 2. The smallest absolute Gasteiger partial charge is 0.257 e. The molecular formula is C22H23N3O2. The standard InChI is InChI=1S/C22H23N3O2/c1-3-27-20-12-8-7-11-19(20)25-22(26)18-13-14-21(23-15-18)24-16(2)17-9-5-4-6-10-17/h4-16H,3H2,1-2H3,(H,23,24)(H,25,26). The van der Waals surface area contributed by atoms with Gasteiger partial charge in [-0.15, -0.1) is 0 Å². The molecule has 0 fully saturated rings. The second-order valence-electron chi connectivity index (χ2n) is 6.09. The zero-order valence-corrected chi connectivity index (χ0v) is 15.5. The number of benzene rings is 2. The van der Waals surface area contributed by atoms with Gasteiger partial charge in [-0.1, -0.05) is 42.5 Å². The van der Waals surface area contributed by atoms with Crippen LogP contribution in [0.5, 0.6) is 5.75 Å². The fourth-order valence-corrected chi connectivity index (χ4v) is 2.71. The summed E-state index contributed by atoms with van der Waals surface area (Å²) in [6, 6.07) is 21.2. The molecule has 27 heavy (non-hydrogen) atoms. The van der Waals surface area contributed by atoms with E-state index in [1.165, 1.54) is 5.56 Å². The maximum Gasteiger partial charge on any atom is 0.257 e. The number of amides is 1. The van der Waals surface area contributed by atoms with Crippen molar-refractivity contribution < 1.29 is 9.53 Å². The van der Waals surface area contributed by atoms with Gasteiger partial charge in [0.1, 0.15) is 11.6 Å². The molecule has 1 unspecified atom stereocenters. The summed E-state index contributed by atoms with van der Waals surface area (Å²) in [5.74, 6) is 1.14. The van der Waals surface area contributed by atoms with E-state index in [9.17, 15) is 4.79 Å². The lowest BCUT2D eigenvalue weighted by molar-refractivity contribution is 0.102. The van der Waals surface area contributed by atoms with Crippen LogP contribution >= 0.6 is 0 Å². The Morgan fingerprint density at radius 2 is 1.78 bits per heavy atom. The Morgan fingerprint density at radius 3 is 2.48 bits per heavy atom. The Morgan fingerprint density at radius 1 is 1.04 bits per heavy atom. The molecule has 0 radical (unpaired) electrons. The molecule has 0 aliphatic carbocycles. The number of hydrogen-bond donors (Lipinski definition) is 2. The highest BCUT2D eigenvalue weighted by Crippen LogP contribution is 2.24. The van der Waals surface area contributed by atoms with Crippen LogP contribution in [0.2, 0.25) is 0 Å². The predicted molar refractivity (Wildman–Crippen MR) is 108 cm³/mol. The van der Waals surface area contributed by atoms with E-state index < -0.39 is 0 Å². The number of hydrogen-bond acceptors (Lipinski definition) is 4. The van der Waals surface area contributed by atoms with Crippen LogP contribution in [0, 0.1) is 0 Å². The second kappa shape index (κ2) is 8.85. The van der Waals surface area contributed by atoms with Crippen molar-refractivity contribution in [2.24, 2.45) is 0 Å². The minimum absolute atomic E-state index is 0.122. The van der Waals surface area contributed by atoms with Gasteiger partial charge in [0.05, 0.1) is 17.9 Å². The molecule has 2 aromatic carbocycles. The molecule has 1 amide bonds. The van der Waals surface area contributed by atoms with Gasteiger partial charge in [0.2, 0.25) is 0 Å². The van der Waals surface area contributed by atoms with Gasteiger partial charge >= 0.3 is 0 Å². The molecule has 5 nitrogen and oxygen atoms in total. The lowest BCUT2D eigenvalue weighted by atomic mass is 10.1. The summed E-state index contributed by atoms with van der Waals surface area (Å²) >= 11 is 0. The van der Waals surface area contributed by atoms with Crippen LogP contribution in [0.3, 0.4) is 0 Å². The number of pyridine rings is 1. The zero-order chi connectivity index (χ0) is 19.1. The molecule has 0 bridgehead atoms. The van der Waals surface area contributed by atoms with Crippen molar-refractivity contribution in [2.45, 2.75) is 19.9 Å². The Balaban J connectivity index is 1.66. The number of carbonyl (C=O) groups is 1. The molecule has 3 rings (SSSR count). The summed E-state index contributed by atoms with van der Waals surface area (Å²) in [5.41, 5.74) is 2.30. The number of nitrogens with one attached hydrogen (secondary N) is 2. The third-order valence-electron chi connectivity index (χ3n) is 4.12. The first-order chi connectivity index (χ1) is 13.2. The Labute approximate surface area is 159 Å². The Bertz CT molecular complexity index is 880. The minimum atomic E-state index is -0.225. The molecule has 1 aromatic heterocycles. The number of aromatic nitrogens is 1. The summed E-state index contributed by atoms with van der Waals surface area (Å²) < 4.78 is 5.54. The molecular weight excluding hydrogens is 338 g/mol. The largest absolute Gasteiger partial charge is 0.492 e. The van der Waals surface area contributed by atoms with Gasteiger partial charge in [-0.2, -0.15) is 0 Å². The van der Waals surface area contributed by atoms with E-state index in [1.807, 2.05) is 55.5 Å². The first kappa shape index (κ1) is 18.5. The first-order valence-electron chi connectivity index (χ1n) is 8.98. The molecule has 0 aliphatic heterocycles. The average Bonchev–Trinajstić information content (AvgIpc) is 2.71. The van der Waals surface area contributed by atoms with E-state index >= 15 is 0 Å². The maximum atomic E-state index is 12.5. The van der Waals surface area contributed by atoms with Gasteiger partial charge in [-0.05, 0) is 43.7 Å². The number of carbonyl (C=O) groups excluding carboxylic acids is 1. The van der Waals surface area contributed by atoms with E-state index in [4.69, 9.17) is 4.74 Å². The first-order valence-corrected chi connectivity index (χ1v) is 8.98. The zero-order valence-electron chi connectivity index (χ0n) is 15.5. The van der Waals surface area contributed by atoms with Crippen LogP contribution in [-0.4, -0.2) is 17.5 Å². The van der Waals surface area contributed by atoms with Gasteiger partial charge in [0, 0.05) is 12.2 Å². The third-order valence-corrected chi connectivity index (χ3v) is 4.12. The maximum absolute atomic E-state index is 12.5. The van der Waals surface area contributed by atoms with Crippen molar-refractivity contribution >= 4 is 17.4 Å². The molecule has 5 heteroatoms. The summed E-state index contributed by atoms with van der Waals surface area (Å²) in [6.07, 6.45) is 1.57. The van der Waals surface area contributed by atoms with Crippen LogP contribution in [0.15, 0.2) is 72.9 Å². The summed E-state index contributed by atoms with van der Waals surface area (Å²) in [7, 11) is 0. The van der Waals surface area contributed by atoms with Crippen LogP contribution in [0.25, 0.3) is 0 Å². The summed E-state index contributed by atoms with van der Waals surface area (Å²) in [6.45, 7) is 4.52. The van der Waals surface area contributed by atoms with Crippen molar-refractivity contribution in [3.05, 3.63) is 84.1 Å². The highest BCUT2D eigenvalue weighted by atomic mass is 16.5. The van der Waals surface area contributed by atoms with E-state index in [2.05, 4.69) is 34.7 Å². The van der Waals surface area contributed by atoms with E-state index in [1.54, 1.807) is 12.3 Å². The van der Waals surface area contributed by atoms with Crippen LogP contribution in [0.1, 0.15) is 35.8 Å². The number of para-hydroxylation sites is 2. The SMILES string of the molecule is CCOc1ccccc1NC(=O)c1ccc(NC(C)c2ccccc2)nc1. The van der Waals surface area contributed by atoms with Crippen molar-refractivity contribution in [1.29, 1.82) is 0 Å². The van der Waals surface area contributed by atoms with Gasteiger partial charge in [-0.3, -0.25) is 4.79 Å². The number of rotatable bonds is 7. The molecule has 1 atom stereocenters.